The number of aliphatic hydroxyl groups excluding tert-OH is 1. The average Bonchev–Trinajstić information content (AvgIpc) is 3.39. The van der Waals surface area contributed by atoms with Gasteiger partial charge in [-0.2, -0.15) is 0 Å². The molecule has 0 aliphatic carbocycles. The Labute approximate surface area is 257 Å². The summed E-state index contributed by atoms with van der Waals surface area (Å²) in [5.41, 5.74) is -0.252. The van der Waals surface area contributed by atoms with Gasteiger partial charge in [0, 0.05) is 25.1 Å². The molecule has 2 N–H and O–H groups in total. The lowest BCUT2D eigenvalue weighted by molar-refractivity contribution is -0.128. The summed E-state index contributed by atoms with van der Waals surface area (Å²) >= 11 is 0. The van der Waals surface area contributed by atoms with Gasteiger partial charge in [0.05, 0.1) is 38.6 Å². The van der Waals surface area contributed by atoms with Gasteiger partial charge in [0.25, 0.3) is 5.91 Å². The Morgan fingerprint density at radius 1 is 1.00 bits per heavy atom. The van der Waals surface area contributed by atoms with Gasteiger partial charge in [-0.05, 0) is 67.4 Å². The number of hydrogen-bond donors (Lipinski definition) is 2. The SMILES string of the molecule is COc1cc(CNC(=O)[C@]2(CCS(=O)(=O)c3ccccc3)N=C(c3ccc(OCCCO)cc3)O[C@@H]2C)cc(OC)c1OC. The zero-order chi connectivity index (χ0) is 31.7. The summed E-state index contributed by atoms with van der Waals surface area (Å²) in [4.78, 5) is 18.9. The van der Waals surface area contributed by atoms with Crippen molar-refractivity contribution in [3.63, 3.8) is 0 Å². The molecule has 3 aromatic carbocycles. The van der Waals surface area contributed by atoms with Gasteiger partial charge in [-0.3, -0.25) is 4.79 Å². The number of nitrogens with zero attached hydrogens (tertiary/aromatic N) is 1. The number of sulfone groups is 1. The van der Waals surface area contributed by atoms with Gasteiger partial charge in [-0.15, -0.1) is 0 Å². The van der Waals surface area contributed by atoms with E-state index in [-0.39, 0.29) is 36.1 Å². The smallest absolute Gasteiger partial charge is 0.252 e. The van der Waals surface area contributed by atoms with Gasteiger partial charge in [0.15, 0.2) is 26.9 Å². The van der Waals surface area contributed by atoms with Crippen LogP contribution in [0.3, 0.4) is 0 Å². The quantitative estimate of drug-likeness (QED) is 0.242. The van der Waals surface area contributed by atoms with Crippen LogP contribution < -0.4 is 24.3 Å². The van der Waals surface area contributed by atoms with E-state index in [0.717, 1.165) is 0 Å². The maximum atomic E-state index is 14.0. The topological polar surface area (TPSA) is 142 Å². The van der Waals surface area contributed by atoms with Gasteiger partial charge in [0.2, 0.25) is 11.6 Å². The third kappa shape index (κ3) is 7.25. The van der Waals surface area contributed by atoms with Crippen LogP contribution >= 0.6 is 0 Å². The Morgan fingerprint density at radius 3 is 2.25 bits per heavy atom. The summed E-state index contributed by atoms with van der Waals surface area (Å²) in [7, 11) is 0.790. The summed E-state index contributed by atoms with van der Waals surface area (Å²) in [5.74, 6) is 1.31. The summed E-state index contributed by atoms with van der Waals surface area (Å²) in [6.45, 7) is 2.19. The summed E-state index contributed by atoms with van der Waals surface area (Å²) in [5, 5.41) is 11.9. The van der Waals surface area contributed by atoms with Crippen molar-refractivity contribution in [3.05, 3.63) is 77.9 Å². The molecule has 0 saturated heterocycles. The van der Waals surface area contributed by atoms with Crippen molar-refractivity contribution in [2.75, 3.05) is 40.3 Å². The number of carbonyl (C=O) groups excluding carboxylic acids is 1. The van der Waals surface area contributed by atoms with Crippen LogP contribution in [-0.2, 0) is 25.9 Å². The Bertz CT molecular complexity index is 1540. The maximum Gasteiger partial charge on any atom is 0.252 e. The largest absolute Gasteiger partial charge is 0.494 e. The highest BCUT2D eigenvalue weighted by Gasteiger charge is 2.50. The van der Waals surface area contributed by atoms with Gasteiger partial charge in [0.1, 0.15) is 11.9 Å². The van der Waals surface area contributed by atoms with Crippen molar-refractivity contribution in [2.45, 2.75) is 42.8 Å². The Balaban J connectivity index is 1.63. The Hall–Kier alpha value is -4.29. The van der Waals surface area contributed by atoms with E-state index in [9.17, 15) is 13.2 Å². The highest BCUT2D eigenvalue weighted by atomic mass is 32.2. The average molecular weight is 627 g/mol. The monoisotopic (exact) mass is 626 g/mol. The Morgan fingerprint density at radius 2 is 1.66 bits per heavy atom. The van der Waals surface area contributed by atoms with E-state index in [1.807, 2.05) is 0 Å². The van der Waals surface area contributed by atoms with E-state index in [4.69, 9.17) is 33.8 Å². The zero-order valence-corrected chi connectivity index (χ0v) is 26.1. The lowest BCUT2D eigenvalue weighted by Crippen LogP contribution is -2.51. The first-order chi connectivity index (χ1) is 21.2. The van der Waals surface area contributed by atoms with Gasteiger partial charge < -0.3 is 34.1 Å². The molecule has 1 aliphatic heterocycles. The van der Waals surface area contributed by atoms with Crippen molar-refractivity contribution in [1.29, 1.82) is 0 Å². The fraction of sp³-hybridized carbons (Fsp3) is 0.375. The van der Waals surface area contributed by atoms with Crippen LogP contribution in [0.4, 0.5) is 0 Å². The molecule has 0 unspecified atom stereocenters. The molecule has 0 fully saturated rings. The first-order valence-corrected chi connectivity index (χ1v) is 15.8. The lowest BCUT2D eigenvalue weighted by atomic mass is 9.90. The van der Waals surface area contributed by atoms with E-state index >= 15 is 0 Å². The molecular formula is C32H38N2O9S. The minimum atomic E-state index is -3.72. The third-order valence-electron chi connectivity index (χ3n) is 7.36. The van der Waals surface area contributed by atoms with Crippen LogP contribution in [0.1, 0.15) is 30.9 Å². The number of methoxy groups -OCH3 is 3. The first-order valence-electron chi connectivity index (χ1n) is 14.1. The van der Waals surface area contributed by atoms with Gasteiger partial charge in [-0.25, -0.2) is 13.4 Å². The summed E-state index contributed by atoms with van der Waals surface area (Å²) in [6.07, 6.45) is -0.378. The normalized spacial score (nSPS) is 17.8. The molecule has 0 bridgehead atoms. The molecule has 12 heteroatoms. The minimum Gasteiger partial charge on any atom is -0.494 e. The van der Waals surface area contributed by atoms with Crippen molar-refractivity contribution >= 4 is 21.6 Å². The molecule has 2 atom stereocenters. The van der Waals surface area contributed by atoms with Crippen LogP contribution in [0.25, 0.3) is 0 Å². The van der Waals surface area contributed by atoms with Crippen LogP contribution in [0, 0.1) is 0 Å². The third-order valence-corrected chi connectivity index (χ3v) is 9.09. The molecular weight excluding hydrogens is 588 g/mol. The second-order valence-electron chi connectivity index (χ2n) is 10.1. The molecule has 0 spiro atoms. The van der Waals surface area contributed by atoms with Crippen LogP contribution in [-0.4, -0.2) is 77.3 Å². The second-order valence-corrected chi connectivity index (χ2v) is 12.3. The number of carbonyl (C=O) groups is 1. The van der Waals surface area contributed by atoms with Gasteiger partial charge >= 0.3 is 0 Å². The second kappa shape index (κ2) is 14.5. The van der Waals surface area contributed by atoms with E-state index in [1.165, 1.54) is 33.5 Å². The van der Waals surface area contributed by atoms with E-state index in [1.54, 1.807) is 61.5 Å². The van der Waals surface area contributed by atoms with Crippen molar-refractivity contribution in [2.24, 2.45) is 4.99 Å². The summed E-state index contributed by atoms with van der Waals surface area (Å²) in [6, 6.07) is 18.5. The number of nitrogens with one attached hydrogen (secondary N) is 1. The van der Waals surface area contributed by atoms with Crippen molar-refractivity contribution in [1.82, 2.24) is 5.32 Å². The zero-order valence-electron chi connectivity index (χ0n) is 25.2. The van der Waals surface area contributed by atoms with Crippen LogP contribution in [0.2, 0.25) is 0 Å². The molecule has 0 aromatic heterocycles. The number of rotatable bonds is 15. The lowest BCUT2D eigenvalue weighted by Gasteiger charge is -2.28. The molecule has 4 rings (SSSR count). The highest BCUT2D eigenvalue weighted by molar-refractivity contribution is 7.91. The number of benzene rings is 3. The van der Waals surface area contributed by atoms with E-state index < -0.39 is 27.4 Å². The molecule has 0 saturated carbocycles. The van der Waals surface area contributed by atoms with E-state index in [0.29, 0.717) is 47.2 Å². The highest BCUT2D eigenvalue weighted by Crippen LogP contribution is 2.38. The molecule has 1 heterocycles. The molecule has 1 amide bonds. The fourth-order valence-electron chi connectivity index (χ4n) is 4.86. The standard InChI is InChI=1S/C32H38N2O9S/c1-22-32(15-18-44(37,38)26-9-6-5-7-10-26,34-30(43-22)24-11-13-25(14-12-24)42-17-8-16-35)31(36)33-21-23-19-27(39-2)29(41-4)28(20-23)40-3/h5-7,9-14,19-20,22,35H,8,15-18,21H2,1-4H3,(H,33,36)/t22-,32-/m1/s1. The minimum absolute atomic E-state index is 0.0321. The molecule has 44 heavy (non-hydrogen) atoms. The molecule has 3 aromatic rings. The number of aliphatic hydroxyl groups is 1. The summed E-state index contributed by atoms with van der Waals surface area (Å²) < 4.78 is 54.5. The predicted octanol–water partition coefficient (Wildman–Crippen LogP) is 3.56. The molecule has 1 aliphatic rings. The first kappa shape index (κ1) is 32.6. The molecule has 11 nitrogen and oxygen atoms in total. The van der Waals surface area contributed by atoms with Crippen molar-refractivity contribution in [3.8, 4) is 23.0 Å². The van der Waals surface area contributed by atoms with Crippen molar-refractivity contribution < 1.29 is 42.0 Å². The number of amides is 1. The van der Waals surface area contributed by atoms with Gasteiger partial charge in [-0.1, -0.05) is 18.2 Å². The fourth-order valence-corrected chi connectivity index (χ4v) is 6.25. The molecule has 0 radical (unpaired) electrons. The van der Waals surface area contributed by atoms with Crippen LogP contribution in [0.15, 0.2) is 76.6 Å². The predicted molar refractivity (Wildman–Crippen MR) is 165 cm³/mol. The number of aliphatic imine (C=N–C) groups is 1. The maximum absolute atomic E-state index is 14.0. The Kier molecular flexibility index (Phi) is 10.7. The number of ether oxygens (including phenoxy) is 5. The van der Waals surface area contributed by atoms with E-state index in [2.05, 4.69) is 5.32 Å². The number of hydrogen-bond acceptors (Lipinski definition) is 10. The molecule has 236 valence electrons. The van der Waals surface area contributed by atoms with Crippen LogP contribution in [0.5, 0.6) is 23.0 Å².